The predicted octanol–water partition coefficient (Wildman–Crippen LogP) is 3.77. The van der Waals surface area contributed by atoms with Gasteiger partial charge in [0, 0.05) is 6.92 Å². The molecule has 1 aromatic rings. The summed E-state index contributed by atoms with van der Waals surface area (Å²) in [7, 11) is 0. The summed E-state index contributed by atoms with van der Waals surface area (Å²) < 4.78 is 9.40. The lowest BCUT2D eigenvalue weighted by Gasteiger charge is -2.23. The fourth-order valence-electron chi connectivity index (χ4n) is 1.66. The molecule has 0 aliphatic rings. The van der Waals surface area contributed by atoms with Crippen molar-refractivity contribution in [1.29, 1.82) is 0 Å². The fraction of sp³-hybridized carbons (Fsp3) is 0.444. The molecule has 1 atom stereocenters. The van der Waals surface area contributed by atoms with Crippen molar-refractivity contribution in [3.63, 3.8) is 0 Å². The van der Waals surface area contributed by atoms with E-state index in [0.717, 1.165) is 11.8 Å². The molecule has 26 heavy (non-hydrogen) atoms. The molecule has 0 spiro atoms. The van der Waals surface area contributed by atoms with Crippen molar-refractivity contribution in [2.75, 3.05) is 6.61 Å². The highest BCUT2D eigenvalue weighted by atomic mass is 17.3. The van der Waals surface area contributed by atoms with E-state index in [1.165, 1.54) is 13.8 Å². The zero-order chi connectivity index (χ0) is 19.6. The lowest BCUT2D eigenvalue weighted by molar-refractivity contribution is -0.333. The number of rotatable bonds is 9. The van der Waals surface area contributed by atoms with Crippen LogP contribution in [0.25, 0.3) is 0 Å². The number of hydrogen-bond donors (Lipinski definition) is 0. The molecule has 0 fully saturated rings. The second kappa shape index (κ2) is 10.4. The van der Waals surface area contributed by atoms with E-state index < -0.39 is 24.0 Å². The largest absolute Gasteiger partial charge is 0.540 e. The summed E-state index contributed by atoms with van der Waals surface area (Å²) in [5.74, 6) is -0.730. The topological polar surface area (TPSA) is 89.5 Å². The summed E-state index contributed by atoms with van der Waals surface area (Å²) in [6.07, 6.45) is -1.04. The van der Waals surface area contributed by atoms with Gasteiger partial charge < -0.3 is 14.4 Å². The van der Waals surface area contributed by atoms with E-state index in [1.54, 1.807) is 6.92 Å². The monoisotopic (exact) mass is 368 g/mol. The van der Waals surface area contributed by atoms with E-state index in [2.05, 4.69) is 14.5 Å². The molecule has 0 N–H and O–H groups in total. The van der Waals surface area contributed by atoms with Crippen LogP contribution in [0.15, 0.2) is 42.2 Å². The maximum absolute atomic E-state index is 11.9. The molecule has 0 saturated carbocycles. The molecule has 0 bridgehead atoms. The Morgan fingerprint density at radius 3 is 2.46 bits per heavy atom. The Kier molecular flexibility index (Phi) is 8.60. The Labute approximate surface area is 152 Å². The Morgan fingerprint density at radius 1 is 1.19 bits per heavy atom. The summed E-state index contributed by atoms with van der Waals surface area (Å²) >= 11 is 0. The van der Waals surface area contributed by atoms with Gasteiger partial charge in [-0.3, -0.25) is 4.89 Å². The quantitative estimate of drug-likeness (QED) is 0.162. The Balaban J connectivity index is 2.44. The van der Waals surface area contributed by atoms with E-state index >= 15 is 0 Å². The molecular formula is C18H24O8. The van der Waals surface area contributed by atoms with E-state index in [1.807, 2.05) is 44.2 Å². The van der Waals surface area contributed by atoms with Gasteiger partial charge in [0.2, 0.25) is 6.29 Å². The Bertz CT molecular complexity index is 609. The minimum Gasteiger partial charge on any atom is -0.433 e. The van der Waals surface area contributed by atoms with Gasteiger partial charge >= 0.3 is 12.1 Å². The summed E-state index contributed by atoms with van der Waals surface area (Å²) in [6, 6.07) is 9.47. The van der Waals surface area contributed by atoms with E-state index in [4.69, 9.17) is 14.5 Å². The fourth-order valence-corrected chi connectivity index (χ4v) is 1.66. The molecule has 1 rings (SSSR count). The first-order chi connectivity index (χ1) is 12.3. The highest BCUT2D eigenvalue weighted by molar-refractivity contribution is 5.87. The maximum Gasteiger partial charge on any atom is 0.540 e. The zero-order valence-electron chi connectivity index (χ0n) is 15.5. The van der Waals surface area contributed by atoms with Gasteiger partial charge in [-0.2, -0.15) is 4.89 Å². The van der Waals surface area contributed by atoms with Gasteiger partial charge in [-0.25, -0.2) is 9.59 Å². The second-order valence-electron chi connectivity index (χ2n) is 5.69. The van der Waals surface area contributed by atoms with Gasteiger partial charge in [0.05, 0.1) is 12.2 Å². The van der Waals surface area contributed by atoms with Gasteiger partial charge in [-0.05, 0) is 33.3 Å². The first-order valence-electron chi connectivity index (χ1n) is 8.04. The van der Waals surface area contributed by atoms with Crippen LogP contribution in [-0.2, 0) is 39.4 Å². The summed E-state index contributed by atoms with van der Waals surface area (Å²) in [5.41, 5.74) is 0.318. The minimum absolute atomic E-state index is 0.125. The number of carbonyl (C=O) groups is 2. The van der Waals surface area contributed by atoms with Gasteiger partial charge in [0.1, 0.15) is 11.9 Å². The van der Waals surface area contributed by atoms with Crippen LogP contribution >= 0.6 is 0 Å². The summed E-state index contributed by atoms with van der Waals surface area (Å²) in [4.78, 5) is 42.1. The van der Waals surface area contributed by atoms with Gasteiger partial charge in [-0.1, -0.05) is 30.3 Å². The van der Waals surface area contributed by atoms with Crippen molar-refractivity contribution >= 4 is 12.1 Å². The van der Waals surface area contributed by atoms with E-state index in [0.29, 0.717) is 0 Å². The number of ether oxygens (including phenoxy) is 2. The van der Waals surface area contributed by atoms with Crippen molar-refractivity contribution in [2.45, 2.75) is 46.5 Å². The van der Waals surface area contributed by atoms with Crippen LogP contribution in [0.2, 0.25) is 0 Å². The highest BCUT2D eigenvalue weighted by Gasteiger charge is 2.23. The molecule has 1 unspecified atom stereocenters. The second-order valence-corrected chi connectivity index (χ2v) is 5.69. The molecule has 0 saturated heterocycles. The maximum atomic E-state index is 11.9. The molecular weight excluding hydrogens is 344 g/mol. The third-order valence-corrected chi connectivity index (χ3v) is 3.06. The molecule has 0 radical (unpaired) electrons. The van der Waals surface area contributed by atoms with E-state index in [9.17, 15) is 9.59 Å². The third-order valence-electron chi connectivity index (χ3n) is 3.06. The van der Waals surface area contributed by atoms with Crippen LogP contribution in [0.4, 0.5) is 4.79 Å². The molecule has 0 aliphatic heterocycles. The van der Waals surface area contributed by atoms with Crippen LogP contribution in [0.1, 0.15) is 40.2 Å². The average Bonchev–Trinajstić information content (AvgIpc) is 2.60. The Morgan fingerprint density at radius 2 is 1.85 bits per heavy atom. The van der Waals surface area contributed by atoms with Crippen molar-refractivity contribution < 1.29 is 38.6 Å². The zero-order valence-corrected chi connectivity index (χ0v) is 15.5. The number of carbonyl (C=O) groups excluding carboxylic acids is 2. The van der Waals surface area contributed by atoms with Crippen LogP contribution in [0.5, 0.6) is 0 Å². The molecule has 0 heterocycles. The molecule has 0 aromatic heterocycles. The van der Waals surface area contributed by atoms with Crippen LogP contribution in [0.3, 0.4) is 0 Å². The van der Waals surface area contributed by atoms with Crippen molar-refractivity contribution in [3.8, 4) is 0 Å². The standard InChI is InChI=1S/C18H24O8/c1-6-21-17(20)25-24-14(3)23-16(19)13(2)12-22-26-18(4,5)15-10-8-7-9-11-15/h7-12,14H,6H2,1-5H3. The SMILES string of the molecule is CCOC(=O)OOC(C)OC(=O)C(C)=COOC(C)(C)c1ccccc1. The molecule has 0 amide bonds. The number of benzene rings is 1. The smallest absolute Gasteiger partial charge is 0.433 e. The summed E-state index contributed by atoms with van der Waals surface area (Å²) in [6.45, 7) is 8.24. The van der Waals surface area contributed by atoms with Crippen molar-refractivity contribution in [2.24, 2.45) is 0 Å². The van der Waals surface area contributed by atoms with Crippen LogP contribution < -0.4 is 0 Å². The lowest BCUT2D eigenvalue weighted by Crippen LogP contribution is -2.22. The molecule has 8 heteroatoms. The molecule has 1 aromatic carbocycles. The first kappa shape index (κ1) is 21.5. The Hall–Kier alpha value is -2.58. The molecule has 8 nitrogen and oxygen atoms in total. The number of hydrogen-bond acceptors (Lipinski definition) is 8. The first-order valence-corrected chi connectivity index (χ1v) is 8.04. The predicted molar refractivity (Wildman–Crippen MR) is 90.1 cm³/mol. The molecule has 144 valence electrons. The molecule has 0 aliphatic carbocycles. The minimum atomic E-state index is -1.13. The third kappa shape index (κ3) is 7.54. The summed E-state index contributed by atoms with van der Waals surface area (Å²) in [5, 5.41) is 0. The number of esters is 1. The van der Waals surface area contributed by atoms with Gasteiger partial charge in [0.15, 0.2) is 0 Å². The average molecular weight is 368 g/mol. The van der Waals surface area contributed by atoms with Crippen LogP contribution in [0, 0.1) is 0 Å². The highest BCUT2D eigenvalue weighted by Crippen LogP contribution is 2.24. The van der Waals surface area contributed by atoms with Crippen LogP contribution in [-0.4, -0.2) is 25.0 Å². The van der Waals surface area contributed by atoms with Gasteiger partial charge in [-0.15, -0.1) is 4.89 Å². The van der Waals surface area contributed by atoms with Gasteiger partial charge in [0.25, 0.3) is 0 Å². The van der Waals surface area contributed by atoms with E-state index in [-0.39, 0.29) is 12.2 Å². The lowest BCUT2D eigenvalue weighted by atomic mass is 9.99. The normalized spacial score (nSPS) is 12.9. The van der Waals surface area contributed by atoms with Crippen molar-refractivity contribution in [3.05, 3.63) is 47.7 Å². The van der Waals surface area contributed by atoms with Crippen molar-refractivity contribution in [1.82, 2.24) is 0 Å².